The van der Waals surface area contributed by atoms with Gasteiger partial charge in [-0.1, -0.05) is 25.0 Å². The van der Waals surface area contributed by atoms with Gasteiger partial charge in [-0.15, -0.1) is 0 Å². The fraction of sp³-hybridized carbons (Fsp3) is 0.571. The second-order valence-corrected chi connectivity index (χ2v) is 6.84. The van der Waals surface area contributed by atoms with Gasteiger partial charge in [0.25, 0.3) is 0 Å². The van der Waals surface area contributed by atoms with E-state index in [-0.39, 0.29) is 16.9 Å². The van der Waals surface area contributed by atoms with Crippen molar-refractivity contribution in [3.63, 3.8) is 0 Å². The van der Waals surface area contributed by atoms with E-state index < -0.39 is 10.0 Å². The Balaban J connectivity index is 2.22. The van der Waals surface area contributed by atoms with E-state index in [0.29, 0.717) is 12.3 Å². The van der Waals surface area contributed by atoms with Crippen molar-refractivity contribution in [2.75, 3.05) is 13.7 Å². The van der Waals surface area contributed by atoms with Crippen molar-refractivity contribution in [3.05, 3.63) is 24.3 Å². The Bertz CT molecular complexity index is 545. The molecule has 0 bridgehead atoms. The zero-order valence-electron chi connectivity index (χ0n) is 11.7. The fourth-order valence-electron chi connectivity index (χ4n) is 2.75. The summed E-state index contributed by atoms with van der Waals surface area (Å²) in [6.45, 7) is 0.513. The van der Waals surface area contributed by atoms with E-state index in [0.717, 1.165) is 25.7 Å². The predicted octanol–water partition coefficient (Wildman–Crippen LogP) is 1.49. The van der Waals surface area contributed by atoms with Crippen LogP contribution in [-0.2, 0) is 10.0 Å². The Hall–Kier alpha value is -1.11. The second kappa shape index (κ2) is 6.56. The molecule has 112 valence electrons. The Kier molecular flexibility index (Phi) is 5.01. The molecule has 0 aromatic heterocycles. The summed E-state index contributed by atoms with van der Waals surface area (Å²) in [5.41, 5.74) is 5.75. The van der Waals surface area contributed by atoms with E-state index >= 15 is 0 Å². The molecule has 1 fully saturated rings. The summed E-state index contributed by atoms with van der Waals surface area (Å²) < 4.78 is 32.9. The molecule has 0 heterocycles. The van der Waals surface area contributed by atoms with Gasteiger partial charge in [0.1, 0.15) is 10.6 Å². The first-order valence-electron chi connectivity index (χ1n) is 6.94. The molecule has 1 saturated carbocycles. The summed E-state index contributed by atoms with van der Waals surface area (Å²) >= 11 is 0. The molecule has 2 atom stereocenters. The van der Waals surface area contributed by atoms with E-state index in [4.69, 9.17) is 10.5 Å². The Morgan fingerprint density at radius 1 is 1.30 bits per heavy atom. The number of nitrogens with two attached hydrogens (primary N) is 1. The molecule has 1 aliphatic rings. The van der Waals surface area contributed by atoms with E-state index in [9.17, 15) is 8.42 Å². The van der Waals surface area contributed by atoms with Crippen LogP contribution in [0.3, 0.4) is 0 Å². The van der Waals surface area contributed by atoms with Crippen LogP contribution < -0.4 is 15.2 Å². The predicted molar refractivity (Wildman–Crippen MR) is 78.1 cm³/mol. The molecule has 1 aliphatic carbocycles. The highest BCUT2D eigenvalue weighted by Crippen LogP contribution is 2.27. The summed E-state index contributed by atoms with van der Waals surface area (Å²) in [6, 6.07) is 6.57. The molecule has 0 spiro atoms. The average Bonchev–Trinajstić information content (AvgIpc) is 2.47. The van der Waals surface area contributed by atoms with Crippen LogP contribution in [0.1, 0.15) is 25.7 Å². The molecule has 0 unspecified atom stereocenters. The molecule has 3 N–H and O–H groups in total. The first-order chi connectivity index (χ1) is 9.58. The maximum atomic E-state index is 12.5. The Morgan fingerprint density at radius 2 is 2.00 bits per heavy atom. The Morgan fingerprint density at radius 3 is 2.70 bits per heavy atom. The number of benzene rings is 1. The molecule has 2 rings (SSSR count). The third kappa shape index (κ3) is 3.31. The minimum Gasteiger partial charge on any atom is -0.495 e. The highest BCUT2D eigenvalue weighted by atomic mass is 32.2. The monoisotopic (exact) mass is 298 g/mol. The van der Waals surface area contributed by atoms with Crippen LogP contribution >= 0.6 is 0 Å². The van der Waals surface area contributed by atoms with Crippen molar-refractivity contribution < 1.29 is 13.2 Å². The zero-order chi connectivity index (χ0) is 14.6. The SMILES string of the molecule is COc1ccccc1S(=O)(=O)N[C@H]1CCCC[C@@H]1CN. The largest absolute Gasteiger partial charge is 0.495 e. The number of rotatable bonds is 5. The number of hydrogen-bond donors (Lipinski definition) is 2. The molecular weight excluding hydrogens is 276 g/mol. The number of sulfonamides is 1. The van der Waals surface area contributed by atoms with Gasteiger partial charge >= 0.3 is 0 Å². The quantitative estimate of drug-likeness (QED) is 0.863. The molecule has 0 saturated heterocycles. The molecule has 0 aliphatic heterocycles. The van der Waals surface area contributed by atoms with Crippen LogP contribution in [0.2, 0.25) is 0 Å². The molecule has 0 amide bonds. The standard InChI is InChI=1S/C14H22N2O3S/c1-19-13-8-4-5-9-14(13)20(17,18)16-12-7-3-2-6-11(12)10-15/h4-5,8-9,11-12,16H,2-3,6-7,10,15H2,1H3/t11-,12+/m1/s1. The molecule has 5 nitrogen and oxygen atoms in total. The van der Waals surface area contributed by atoms with Crippen molar-refractivity contribution in [1.29, 1.82) is 0 Å². The van der Waals surface area contributed by atoms with Crippen LogP contribution in [0.25, 0.3) is 0 Å². The number of nitrogens with one attached hydrogen (secondary N) is 1. The second-order valence-electron chi connectivity index (χ2n) is 5.16. The lowest BCUT2D eigenvalue weighted by atomic mass is 9.85. The van der Waals surface area contributed by atoms with Crippen LogP contribution in [-0.4, -0.2) is 28.1 Å². The third-order valence-corrected chi connectivity index (χ3v) is 5.41. The van der Waals surface area contributed by atoms with Gasteiger partial charge < -0.3 is 10.5 Å². The average molecular weight is 298 g/mol. The summed E-state index contributed by atoms with van der Waals surface area (Å²) in [4.78, 5) is 0.184. The number of methoxy groups -OCH3 is 1. The van der Waals surface area contributed by atoms with E-state index in [2.05, 4.69) is 4.72 Å². The van der Waals surface area contributed by atoms with Crippen molar-refractivity contribution in [2.24, 2.45) is 11.7 Å². The Labute approximate surface area is 120 Å². The summed E-state index contributed by atoms with van der Waals surface area (Å²) in [5.74, 6) is 0.577. The summed E-state index contributed by atoms with van der Waals surface area (Å²) in [5, 5.41) is 0. The van der Waals surface area contributed by atoms with Gasteiger partial charge in [0.05, 0.1) is 7.11 Å². The van der Waals surface area contributed by atoms with E-state index in [1.54, 1.807) is 24.3 Å². The van der Waals surface area contributed by atoms with Crippen LogP contribution in [0.5, 0.6) is 5.75 Å². The highest BCUT2D eigenvalue weighted by molar-refractivity contribution is 7.89. The van der Waals surface area contributed by atoms with Gasteiger partial charge in [-0.05, 0) is 37.4 Å². The van der Waals surface area contributed by atoms with E-state index in [1.807, 2.05) is 0 Å². The minimum atomic E-state index is -3.58. The van der Waals surface area contributed by atoms with Gasteiger partial charge in [0, 0.05) is 6.04 Å². The summed E-state index contributed by atoms with van der Waals surface area (Å²) in [7, 11) is -2.11. The van der Waals surface area contributed by atoms with Crippen LogP contribution in [0.15, 0.2) is 29.2 Å². The third-order valence-electron chi connectivity index (χ3n) is 3.88. The van der Waals surface area contributed by atoms with E-state index in [1.165, 1.54) is 7.11 Å². The number of hydrogen-bond acceptors (Lipinski definition) is 4. The first kappa shape index (κ1) is 15.3. The van der Waals surface area contributed by atoms with Crippen LogP contribution in [0.4, 0.5) is 0 Å². The van der Waals surface area contributed by atoms with Crippen molar-refractivity contribution in [1.82, 2.24) is 4.72 Å². The maximum Gasteiger partial charge on any atom is 0.244 e. The first-order valence-corrected chi connectivity index (χ1v) is 8.42. The zero-order valence-corrected chi connectivity index (χ0v) is 12.5. The van der Waals surface area contributed by atoms with Gasteiger partial charge in [0.15, 0.2) is 0 Å². The van der Waals surface area contributed by atoms with Crippen molar-refractivity contribution >= 4 is 10.0 Å². The molecular formula is C14H22N2O3S. The molecule has 6 heteroatoms. The molecule has 1 aromatic carbocycles. The normalized spacial score (nSPS) is 23.5. The number of ether oxygens (including phenoxy) is 1. The van der Waals surface area contributed by atoms with Gasteiger partial charge in [-0.2, -0.15) is 0 Å². The lowest BCUT2D eigenvalue weighted by Gasteiger charge is -2.31. The minimum absolute atomic E-state index is 0.0799. The maximum absolute atomic E-state index is 12.5. The lowest BCUT2D eigenvalue weighted by molar-refractivity contribution is 0.295. The van der Waals surface area contributed by atoms with Gasteiger partial charge in [-0.3, -0.25) is 0 Å². The summed E-state index contributed by atoms with van der Waals surface area (Å²) in [6.07, 6.45) is 3.98. The van der Waals surface area contributed by atoms with Crippen molar-refractivity contribution in [2.45, 2.75) is 36.6 Å². The molecule has 20 heavy (non-hydrogen) atoms. The molecule has 0 radical (unpaired) electrons. The lowest BCUT2D eigenvalue weighted by Crippen LogP contribution is -2.44. The number of para-hydroxylation sites is 1. The van der Waals surface area contributed by atoms with Gasteiger partial charge in [-0.25, -0.2) is 13.1 Å². The topological polar surface area (TPSA) is 81.4 Å². The highest BCUT2D eigenvalue weighted by Gasteiger charge is 2.29. The smallest absolute Gasteiger partial charge is 0.244 e. The van der Waals surface area contributed by atoms with Gasteiger partial charge in [0.2, 0.25) is 10.0 Å². The van der Waals surface area contributed by atoms with Crippen LogP contribution in [0, 0.1) is 5.92 Å². The molecule has 1 aromatic rings. The van der Waals surface area contributed by atoms with Crippen molar-refractivity contribution in [3.8, 4) is 5.75 Å². The fourth-order valence-corrected chi connectivity index (χ4v) is 4.26.